The quantitative estimate of drug-likeness (QED) is 0.640. The predicted molar refractivity (Wildman–Crippen MR) is 67.6 cm³/mol. The molecule has 0 bridgehead atoms. The lowest BCUT2D eigenvalue weighted by Gasteiger charge is -2.01. The number of para-hydroxylation sites is 1. The van der Waals surface area contributed by atoms with Crippen LogP contribution in [0.1, 0.15) is 10.4 Å². The van der Waals surface area contributed by atoms with E-state index in [4.69, 9.17) is 9.52 Å². The number of aromatic amines is 1. The number of aromatic nitrogens is 1. The minimum absolute atomic E-state index is 0.0290. The van der Waals surface area contributed by atoms with Crippen molar-refractivity contribution in [3.05, 3.63) is 56.5 Å². The highest BCUT2D eigenvalue weighted by Crippen LogP contribution is 2.16. The molecule has 0 aliphatic heterocycles. The topological polar surface area (TPSA) is 100 Å². The zero-order valence-corrected chi connectivity index (χ0v) is 9.47. The summed E-state index contributed by atoms with van der Waals surface area (Å²) in [6, 6.07) is 7.58. The molecule has 2 aromatic heterocycles. The van der Waals surface area contributed by atoms with E-state index >= 15 is 0 Å². The van der Waals surface area contributed by atoms with Crippen molar-refractivity contribution in [1.82, 2.24) is 4.98 Å². The predicted octanol–water partition coefficient (Wildman–Crippen LogP) is 1.33. The van der Waals surface area contributed by atoms with E-state index in [0.717, 1.165) is 6.07 Å². The van der Waals surface area contributed by atoms with Crippen molar-refractivity contribution in [1.29, 1.82) is 0 Å². The molecule has 0 fully saturated rings. The van der Waals surface area contributed by atoms with Crippen LogP contribution in [0.4, 0.5) is 0 Å². The van der Waals surface area contributed by atoms with Gasteiger partial charge < -0.3 is 9.52 Å². The maximum Gasteiger partial charge on any atom is 0.341 e. The van der Waals surface area contributed by atoms with Gasteiger partial charge in [0, 0.05) is 0 Å². The van der Waals surface area contributed by atoms with Gasteiger partial charge in [-0.25, -0.2) is 4.79 Å². The molecule has 0 aliphatic carbocycles. The van der Waals surface area contributed by atoms with E-state index in [0.29, 0.717) is 11.0 Å². The Labute approximate surface area is 104 Å². The lowest BCUT2D eigenvalue weighted by molar-refractivity contribution is 0.0695. The highest BCUT2D eigenvalue weighted by molar-refractivity contribution is 5.94. The monoisotopic (exact) mass is 257 g/mol. The normalized spacial score (nSPS) is 10.9. The van der Waals surface area contributed by atoms with Gasteiger partial charge in [-0.15, -0.1) is 0 Å². The largest absolute Gasteiger partial charge is 0.477 e. The van der Waals surface area contributed by atoms with Gasteiger partial charge in [-0.1, -0.05) is 12.1 Å². The molecule has 2 N–H and O–H groups in total. The van der Waals surface area contributed by atoms with E-state index in [2.05, 4.69) is 4.98 Å². The summed E-state index contributed by atoms with van der Waals surface area (Å²) < 4.78 is 5.39. The number of carboxylic acid groups (broad SMARTS) is 1. The zero-order chi connectivity index (χ0) is 13.6. The van der Waals surface area contributed by atoms with Crippen LogP contribution in [0.3, 0.4) is 0 Å². The SMILES string of the molecule is O=C(O)c1cc2c(=O)c3ccccc3oc2[nH]c1=O. The van der Waals surface area contributed by atoms with Crippen molar-refractivity contribution in [3.63, 3.8) is 0 Å². The van der Waals surface area contributed by atoms with Crippen molar-refractivity contribution >= 4 is 28.0 Å². The number of carboxylic acids is 1. The zero-order valence-electron chi connectivity index (χ0n) is 9.47. The molecule has 0 saturated carbocycles. The van der Waals surface area contributed by atoms with Gasteiger partial charge in [0.2, 0.25) is 11.1 Å². The number of benzene rings is 1. The van der Waals surface area contributed by atoms with Gasteiger partial charge in [-0.2, -0.15) is 0 Å². The maximum atomic E-state index is 12.2. The van der Waals surface area contributed by atoms with Crippen LogP contribution >= 0.6 is 0 Å². The van der Waals surface area contributed by atoms with E-state index in [-0.39, 0.29) is 16.5 Å². The van der Waals surface area contributed by atoms with Crippen LogP contribution in [-0.4, -0.2) is 16.1 Å². The molecule has 6 nitrogen and oxygen atoms in total. The van der Waals surface area contributed by atoms with Crippen LogP contribution in [0.5, 0.6) is 0 Å². The van der Waals surface area contributed by atoms with E-state index in [1.807, 2.05) is 0 Å². The molecule has 0 aliphatic rings. The van der Waals surface area contributed by atoms with Crippen LogP contribution in [0, 0.1) is 0 Å². The molecular formula is C13H7NO5. The first-order valence-electron chi connectivity index (χ1n) is 5.40. The Morgan fingerprint density at radius 2 is 1.89 bits per heavy atom. The first-order chi connectivity index (χ1) is 9.08. The minimum atomic E-state index is -1.39. The Kier molecular flexibility index (Phi) is 2.25. The van der Waals surface area contributed by atoms with E-state index < -0.39 is 17.1 Å². The number of H-pyrrole nitrogens is 1. The van der Waals surface area contributed by atoms with Gasteiger partial charge in [-0.05, 0) is 18.2 Å². The average molecular weight is 257 g/mol. The number of fused-ring (bicyclic) bond motifs is 2. The Hall–Kier alpha value is -2.89. The summed E-state index contributed by atoms with van der Waals surface area (Å²) in [5.74, 6) is -1.39. The lowest BCUT2D eigenvalue weighted by Crippen LogP contribution is -2.19. The summed E-state index contributed by atoms with van der Waals surface area (Å²) in [5, 5.41) is 9.25. The second-order valence-electron chi connectivity index (χ2n) is 3.99. The molecule has 19 heavy (non-hydrogen) atoms. The fraction of sp³-hybridized carbons (Fsp3) is 0. The maximum absolute atomic E-state index is 12.2. The van der Waals surface area contributed by atoms with Crippen molar-refractivity contribution in [2.24, 2.45) is 0 Å². The van der Waals surface area contributed by atoms with Gasteiger partial charge >= 0.3 is 5.97 Å². The molecule has 0 atom stereocenters. The van der Waals surface area contributed by atoms with E-state index in [1.165, 1.54) is 0 Å². The second-order valence-corrected chi connectivity index (χ2v) is 3.99. The first kappa shape index (κ1) is 11.2. The number of hydrogen-bond donors (Lipinski definition) is 2. The van der Waals surface area contributed by atoms with Crippen molar-refractivity contribution in [3.8, 4) is 0 Å². The van der Waals surface area contributed by atoms with Crippen LogP contribution in [0.2, 0.25) is 0 Å². The first-order valence-corrected chi connectivity index (χ1v) is 5.40. The molecule has 0 amide bonds. The third kappa shape index (κ3) is 1.61. The Morgan fingerprint density at radius 3 is 2.63 bits per heavy atom. The molecule has 2 heterocycles. The summed E-state index contributed by atoms with van der Waals surface area (Å²) in [6.45, 7) is 0. The Morgan fingerprint density at radius 1 is 1.16 bits per heavy atom. The highest BCUT2D eigenvalue weighted by Gasteiger charge is 2.14. The molecule has 0 saturated heterocycles. The molecule has 3 aromatic rings. The van der Waals surface area contributed by atoms with Gasteiger partial charge in [0.1, 0.15) is 11.1 Å². The summed E-state index contributed by atoms with van der Waals surface area (Å²) >= 11 is 0. The van der Waals surface area contributed by atoms with Crippen molar-refractivity contribution in [2.75, 3.05) is 0 Å². The van der Waals surface area contributed by atoms with Crippen LogP contribution in [0.25, 0.3) is 22.1 Å². The average Bonchev–Trinajstić information content (AvgIpc) is 2.38. The van der Waals surface area contributed by atoms with Crippen molar-refractivity contribution < 1.29 is 14.3 Å². The molecule has 3 rings (SSSR count). The van der Waals surface area contributed by atoms with Crippen molar-refractivity contribution in [2.45, 2.75) is 0 Å². The summed E-state index contributed by atoms with van der Waals surface area (Å²) in [6.07, 6.45) is 0. The number of pyridine rings is 1. The van der Waals surface area contributed by atoms with Gasteiger partial charge in [-0.3, -0.25) is 14.6 Å². The Balaban J connectivity index is 2.56. The molecule has 0 unspecified atom stereocenters. The van der Waals surface area contributed by atoms with Crippen LogP contribution in [0.15, 0.2) is 44.3 Å². The van der Waals surface area contributed by atoms with Crippen LogP contribution < -0.4 is 11.0 Å². The third-order valence-electron chi connectivity index (χ3n) is 2.82. The minimum Gasteiger partial charge on any atom is -0.477 e. The standard InChI is InChI=1S/C13H7NO5/c15-10-6-3-1-2-4-9(6)19-12-7(10)5-8(13(17)18)11(16)14-12/h1-5H,(H,14,16)(H,17,18). The summed E-state index contributed by atoms with van der Waals surface area (Å²) in [7, 11) is 0. The molecule has 6 heteroatoms. The summed E-state index contributed by atoms with van der Waals surface area (Å²) in [5.41, 5.74) is -1.37. The van der Waals surface area contributed by atoms with E-state index in [1.54, 1.807) is 24.3 Å². The van der Waals surface area contributed by atoms with E-state index in [9.17, 15) is 14.4 Å². The molecule has 0 radical (unpaired) electrons. The molecule has 0 spiro atoms. The highest BCUT2D eigenvalue weighted by atomic mass is 16.4. The second kappa shape index (κ2) is 3.81. The smallest absolute Gasteiger partial charge is 0.341 e. The van der Waals surface area contributed by atoms with Crippen LogP contribution in [-0.2, 0) is 0 Å². The fourth-order valence-electron chi connectivity index (χ4n) is 1.92. The van der Waals surface area contributed by atoms with Gasteiger partial charge in [0.05, 0.1) is 10.8 Å². The lowest BCUT2D eigenvalue weighted by atomic mass is 10.1. The number of carbonyl (C=O) groups is 1. The number of hydrogen-bond acceptors (Lipinski definition) is 4. The number of nitrogens with one attached hydrogen (secondary N) is 1. The fourth-order valence-corrected chi connectivity index (χ4v) is 1.92. The van der Waals surface area contributed by atoms with Gasteiger partial charge in [0.15, 0.2) is 0 Å². The molecule has 94 valence electrons. The molecule has 1 aromatic carbocycles. The number of aromatic carboxylic acids is 1. The summed E-state index contributed by atoms with van der Waals surface area (Å²) in [4.78, 5) is 36.9. The molecular weight excluding hydrogens is 250 g/mol. The Bertz CT molecular complexity index is 935. The number of rotatable bonds is 1. The third-order valence-corrected chi connectivity index (χ3v) is 2.82. The van der Waals surface area contributed by atoms with Gasteiger partial charge in [0.25, 0.3) is 5.56 Å².